The molecule has 8 nitrogen and oxygen atoms in total. The number of hydrogen-bond donors (Lipinski definition) is 2. The molecule has 0 spiro atoms. The summed E-state index contributed by atoms with van der Waals surface area (Å²) in [7, 11) is -4.01. The molecule has 1 aliphatic rings. The number of sulfonamides is 1. The minimum atomic E-state index is -4.01. The van der Waals surface area contributed by atoms with Gasteiger partial charge in [0, 0.05) is 4.88 Å². The minimum absolute atomic E-state index is 0.0897. The molecule has 10 heteroatoms. The van der Waals surface area contributed by atoms with E-state index in [-0.39, 0.29) is 10.6 Å². The lowest BCUT2D eigenvalue weighted by Crippen LogP contribution is -2.58. The summed E-state index contributed by atoms with van der Waals surface area (Å²) >= 11 is 0.813. The smallest absolute Gasteiger partial charge is 0.308 e. The molecule has 0 radical (unpaired) electrons. The summed E-state index contributed by atoms with van der Waals surface area (Å²) in [5, 5.41) is 10.7. The number of rotatable bonds is 4. The average Bonchev–Trinajstić information content (AvgIpc) is 2.81. The molecule has 1 aromatic heterocycles. The highest BCUT2D eigenvalue weighted by atomic mass is 32.2. The molecule has 2 N–H and O–H groups in total. The zero-order valence-electron chi connectivity index (χ0n) is 10.9. The standard InChI is InChI=1S/C11H12N2O6S2/c1-6-11(17)12-8(14)5-13(6)21(18,19)10-3-2-7(20-10)4-9(15)16/h2-3,6H,4-5H2,1H3,(H,15,16)(H,12,14,17). The van der Waals surface area contributed by atoms with E-state index in [4.69, 9.17) is 5.11 Å². The second-order valence-electron chi connectivity index (χ2n) is 4.43. The van der Waals surface area contributed by atoms with E-state index in [0.29, 0.717) is 4.88 Å². The van der Waals surface area contributed by atoms with Gasteiger partial charge in [-0.1, -0.05) is 0 Å². The zero-order chi connectivity index (χ0) is 15.8. The van der Waals surface area contributed by atoms with Crippen molar-refractivity contribution in [3.63, 3.8) is 0 Å². The number of thiophene rings is 1. The van der Waals surface area contributed by atoms with Gasteiger partial charge in [-0.2, -0.15) is 4.31 Å². The largest absolute Gasteiger partial charge is 0.481 e. The molecule has 0 saturated carbocycles. The Balaban J connectivity index is 2.32. The minimum Gasteiger partial charge on any atom is -0.481 e. The van der Waals surface area contributed by atoms with E-state index >= 15 is 0 Å². The first kappa shape index (κ1) is 15.6. The Labute approximate surface area is 124 Å². The van der Waals surface area contributed by atoms with Crippen molar-refractivity contribution in [2.75, 3.05) is 6.54 Å². The van der Waals surface area contributed by atoms with E-state index in [9.17, 15) is 22.8 Å². The van der Waals surface area contributed by atoms with Gasteiger partial charge >= 0.3 is 5.97 Å². The Kier molecular flexibility index (Phi) is 4.12. The Hall–Kier alpha value is -1.78. The number of carbonyl (C=O) groups is 3. The molecule has 0 aliphatic carbocycles. The van der Waals surface area contributed by atoms with Crippen LogP contribution in [0.3, 0.4) is 0 Å². The first-order chi connectivity index (χ1) is 9.71. The van der Waals surface area contributed by atoms with Crippen molar-refractivity contribution in [2.45, 2.75) is 23.6 Å². The Morgan fingerprint density at radius 1 is 1.48 bits per heavy atom. The third kappa shape index (κ3) is 3.12. The number of carbonyl (C=O) groups excluding carboxylic acids is 2. The van der Waals surface area contributed by atoms with Crippen LogP contribution in [0.2, 0.25) is 0 Å². The van der Waals surface area contributed by atoms with Crippen LogP contribution >= 0.6 is 11.3 Å². The summed E-state index contributed by atoms with van der Waals surface area (Å²) in [6.45, 7) is 0.937. The van der Waals surface area contributed by atoms with Crippen molar-refractivity contribution in [2.24, 2.45) is 0 Å². The van der Waals surface area contributed by atoms with Gasteiger partial charge in [-0.3, -0.25) is 19.7 Å². The first-order valence-corrected chi connectivity index (χ1v) is 8.13. The summed E-state index contributed by atoms with van der Waals surface area (Å²) in [4.78, 5) is 33.9. The number of carboxylic acid groups (broad SMARTS) is 1. The van der Waals surface area contributed by atoms with Gasteiger partial charge < -0.3 is 5.11 Å². The van der Waals surface area contributed by atoms with Crippen LogP contribution in [0.1, 0.15) is 11.8 Å². The van der Waals surface area contributed by atoms with Crippen molar-refractivity contribution >= 4 is 39.1 Å². The number of nitrogens with zero attached hydrogens (tertiary/aromatic N) is 1. The van der Waals surface area contributed by atoms with Crippen molar-refractivity contribution in [1.82, 2.24) is 9.62 Å². The topological polar surface area (TPSA) is 121 Å². The van der Waals surface area contributed by atoms with Crippen LogP contribution < -0.4 is 5.32 Å². The number of amides is 2. The maximum Gasteiger partial charge on any atom is 0.308 e. The summed E-state index contributed by atoms with van der Waals surface area (Å²) in [5.41, 5.74) is 0. The van der Waals surface area contributed by atoms with Crippen molar-refractivity contribution in [1.29, 1.82) is 0 Å². The van der Waals surface area contributed by atoms with E-state index in [1.54, 1.807) is 0 Å². The van der Waals surface area contributed by atoms with Crippen LogP contribution in [0.25, 0.3) is 0 Å². The van der Waals surface area contributed by atoms with E-state index in [1.165, 1.54) is 19.1 Å². The predicted molar refractivity (Wildman–Crippen MR) is 72.2 cm³/mol. The van der Waals surface area contributed by atoms with Crippen LogP contribution in [-0.2, 0) is 30.8 Å². The molecule has 0 bridgehead atoms. The molecule has 2 rings (SSSR count). The van der Waals surface area contributed by atoms with E-state index < -0.39 is 40.4 Å². The fourth-order valence-corrected chi connectivity index (χ4v) is 4.87. The Bertz CT molecular complexity index is 708. The summed E-state index contributed by atoms with van der Waals surface area (Å²) in [5.74, 6) is -2.44. The lowest BCUT2D eigenvalue weighted by atomic mass is 10.2. The van der Waals surface area contributed by atoms with Crippen LogP contribution in [-0.4, -0.2) is 48.2 Å². The molecule has 1 aromatic rings. The number of carboxylic acids is 1. The quantitative estimate of drug-likeness (QED) is 0.711. The van der Waals surface area contributed by atoms with E-state index in [0.717, 1.165) is 15.6 Å². The van der Waals surface area contributed by atoms with Gasteiger partial charge in [0.15, 0.2) is 0 Å². The molecule has 1 atom stereocenters. The number of aliphatic carboxylic acids is 1. The number of piperazine rings is 1. The van der Waals surface area contributed by atoms with Crippen molar-refractivity contribution < 1.29 is 27.9 Å². The molecule has 2 amide bonds. The van der Waals surface area contributed by atoms with Crippen LogP contribution in [0.5, 0.6) is 0 Å². The number of hydrogen-bond acceptors (Lipinski definition) is 6. The van der Waals surface area contributed by atoms with E-state index in [2.05, 4.69) is 5.32 Å². The molecule has 1 fully saturated rings. The Morgan fingerprint density at radius 3 is 2.76 bits per heavy atom. The van der Waals surface area contributed by atoms with E-state index in [1.807, 2.05) is 0 Å². The molecule has 0 aromatic carbocycles. The monoisotopic (exact) mass is 332 g/mol. The van der Waals surface area contributed by atoms with Crippen LogP contribution in [0.15, 0.2) is 16.3 Å². The molecule has 1 unspecified atom stereocenters. The Morgan fingerprint density at radius 2 is 2.14 bits per heavy atom. The van der Waals surface area contributed by atoms with Gasteiger partial charge in [0.05, 0.1) is 13.0 Å². The SMILES string of the molecule is CC1C(=O)NC(=O)CN1S(=O)(=O)c1ccc(CC(=O)O)s1. The first-order valence-electron chi connectivity index (χ1n) is 5.88. The van der Waals surface area contributed by atoms with Gasteiger partial charge in [-0.15, -0.1) is 11.3 Å². The lowest BCUT2D eigenvalue weighted by Gasteiger charge is -2.30. The summed E-state index contributed by atoms with van der Waals surface area (Å²) in [6, 6.07) is 1.68. The molecule has 114 valence electrons. The molecule has 2 heterocycles. The second-order valence-corrected chi connectivity index (χ2v) is 7.72. The normalized spacial score (nSPS) is 20.3. The van der Waals surface area contributed by atoms with Gasteiger partial charge in [0.25, 0.3) is 10.0 Å². The van der Waals surface area contributed by atoms with Gasteiger partial charge in [-0.05, 0) is 19.1 Å². The van der Waals surface area contributed by atoms with Gasteiger partial charge in [0.1, 0.15) is 10.3 Å². The zero-order valence-corrected chi connectivity index (χ0v) is 12.5. The lowest BCUT2D eigenvalue weighted by molar-refractivity contribution is -0.137. The third-order valence-electron chi connectivity index (χ3n) is 2.90. The maximum absolute atomic E-state index is 12.4. The molecule has 21 heavy (non-hydrogen) atoms. The number of imide groups is 1. The maximum atomic E-state index is 12.4. The molecule has 1 aliphatic heterocycles. The highest BCUT2D eigenvalue weighted by Gasteiger charge is 2.39. The van der Waals surface area contributed by atoms with Gasteiger partial charge in [0.2, 0.25) is 11.8 Å². The summed E-state index contributed by atoms with van der Waals surface area (Å²) in [6.07, 6.45) is -0.283. The number of nitrogens with one attached hydrogen (secondary N) is 1. The van der Waals surface area contributed by atoms with Crippen LogP contribution in [0.4, 0.5) is 0 Å². The van der Waals surface area contributed by atoms with Crippen molar-refractivity contribution in [3.05, 3.63) is 17.0 Å². The predicted octanol–water partition coefficient (Wildman–Crippen LogP) is -0.589. The van der Waals surface area contributed by atoms with Crippen LogP contribution in [0, 0.1) is 0 Å². The molecular weight excluding hydrogens is 320 g/mol. The van der Waals surface area contributed by atoms with Crippen molar-refractivity contribution in [3.8, 4) is 0 Å². The summed E-state index contributed by atoms with van der Waals surface area (Å²) < 4.78 is 25.6. The fraction of sp³-hybridized carbons (Fsp3) is 0.364. The van der Waals surface area contributed by atoms with Gasteiger partial charge in [-0.25, -0.2) is 8.42 Å². The third-order valence-corrected chi connectivity index (χ3v) is 6.37. The molecule has 1 saturated heterocycles. The highest BCUT2D eigenvalue weighted by Crippen LogP contribution is 2.27. The molecular formula is C11H12N2O6S2. The fourth-order valence-electron chi connectivity index (χ4n) is 1.84. The highest BCUT2D eigenvalue weighted by molar-refractivity contribution is 7.91. The average molecular weight is 332 g/mol. The second kappa shape index (κ2) is 5.54.